The average Bonchev–Trinajstić information content (AvgIpc) is 2.82. The van der Waals surface area contributed by atoms with Gasteiger partial charge in [-0.15, -0.1) is 5.10 Å². The quantitative estimate of drug-likeness (QED) is 0.435. The SMILES string of the molecule is COc1cc(CCC#N)cc(C)c1Nc1nc(Nc2ccc(C#N)cc2)c(=O)n(CC(N)=O)n1. The summed E-state index contributed by atoms with van der Waals surface area (Å²) in [4.78, 5) is 28.6. The molecule has 0 bridgehead atoms. The molecule has 0 saturated heterocycles. The molecular weight excluding hydrogens is 436 g/mol. The number of amides is 1. The van der Waals surface area contributed by atoms with Gasteiger partial charge in [-0.05, 0) is 54.8 Å². The van der Waals surface area contributed by atoms with Crippen molar-refractivity contribution in [2.45, 2.75) is 26.3 Å². The number of methoxy groups -OCH3 is 1. The number of carbonyl (C=O) groups excluding carboxylic acids is 1. The van der Waals surface area contributed by atoms with Gasteiger partial charge in [0.15, 0.2) is 0 Å². The van der Waals surface area contributed by atoms with Crippen LogP contribution in [-0.2, 0) is 17.8 Å². The van der Waals surface area contributed by atoms with Crippen LogP contribution in [0.1, 0.15) is 23.1 Å². The van der Waals surface area contributed by atoms with Gasteiger partial charge >= 0.3 is 5.56 Å². The number of primary amides is 1. The van der Waals surface area contributed by atoms with E-state index in [1.165, 1.54) is 7.11 Å². The largest absolute Gasteiger partial charge is 0.495 e. The molecule has 172 valence electrons. The van der Waals surface area contributed by atoms with E-state index in [0.29, 0.717) is 35.5 Å². The molecule has 2 aromatic carbocycles. The van der Waals surface area contributed by atoms with Crippen molar-refractivity contribution in [3.05, 3.63) is 63.4 Å². The lowest BCUT2D eigenvalue weighted by Crippen LogP contribution is -2.32. The maximum Gasteiger partial charge on any atom is 0.310 e. The van der Waals surface area contributed by atoms with Gasteiger partial charge in [0.2, 0.25) is 17.7 Å². The highest BCUT2D eigenvalue weighted by molar-refractivity contribution is 5.73. The number of rotatable bonds is 9. The van der Waals surface area contributed by atoms with Crippen molar-refractivity contribution in [3.8, 4) is 17.9 Å². The average molecular weight is 458 g/mol. The van der Waals surface area contributed by atoms with Crippen molar-refractivity contribution in [1.82, 2.24) is 14.8 Å². The van der Waals surface area contributed by atoms with Crippen LogP contribution in [0.25, 0.3) is 0 Å². The normalized spacial score (nSPS) is 10.1. The minimum Gasteiger partial charge on any atom is -0.495 e. The van der Waals surface area contributed by atoms with Gasteiger partial charge in [-0.1, -0.05) is 6.07 Å². The zero-order valence-electron chi connectivity index (χ0n) is 18.6. The zero-order valence-corrected chi connectivity index (χ0v) is 18.6. The Labute approximate surface area is 195 Å². The van der Waals surface area contributed by atoms with E-state index in [4.69, 9.17) is 21.0 Å². The summed E-state index contributed by atoms with van der Waals surface area (Å²) in [5, 5.41) is 27.9. The first-order valence-electron chi connectivity index (χ1n) is 10.2. The van der Waals surface area contributed by atoms with Crippen molar-refractivity contribution in [2.75, 3.05) is 17.7 Å². The van der Waals surface area contributed by atoms with Crippen LogP contribution in [0, 0.1) is 29.6 Å². The monoisotopic (exact) mass is 458 g/mol. The molecule has 11 nitrogen and oxygen atoms in total. The number of hydrogen-bond donors (Lipinski definition) is 3. The molecule has 0 aliphatic carbocycles. The number of aromatic nitrogens is 3. The van der Waals surface area contributed by atoms with Gasteiger partial charge in [-0.2, -0.15) is 15.5 Å². The summed E-state index contributed by atoms with van der Waals surface area (Å²) in [7, 11) is 1.51. The highest BCUT2D eigenvalue weighted by Gasteiger charge is 2.16. The number of hydrogen-bond acceptors (Lipinski definition) is 9. The molecule has 3 rings (SSSR count). The predicted molar refractivity (Wildman–Crippen MR) is 125 cm³/mol. The third-order valence-corrected chi connectivity index (χ3v) is 4.79. The lowest BCUT2D eigenvalue weighted by atomic mass is 10.0. The maximum absolute atomic E-state index is 12.8. The number of nitrogens with zero attached hydrogens (tertiary/aromatic N) is 5. The summed E-state index contributed by atoms with van der Waals surface area (Å²) >= 11 is 0. The van der Waals surface area contributed by atoms with Crippen molar-refractivity contribution in [1.29, 1.82) is 10.5 Å². The number of nitrogens with one attached hydrogen (secondary N) is 2. The van der Waals surface area contributed by atoms with E-state index in [-0.39, 0.29) is 11.8 Å². The predicted octanol–water partition coefficient (Wildman–Crippen LogP) is 2.26. The molecule has 4 N–H and O–H groups in total. The summed E-state index contributed by atoms with van der Waals surface area (Å²) in [6, 6.07) is 14.3. The summed E-state index contributed by atoms with van der Waals surface area (Å²) in [6.45, 7) is 1.41. The number of aryl methyl sites for hydroxylation is 2. The van der Waals surface area contributed by atoms with Crippen LogP contribution in [0.4, 0.5) is 23.1 Å². The summed E-state index contributed by atoms with van der Waals surface area (Å²) in [6.07, 6.45) is 0.952. The van der Waals surface area contributed by atoms with Gasteiger partial charge in [0.1, 0.15) is 12.3 Å². The molecular formula is C23H22N8O3. The Morgan fingerprint density at radius 1 is 1.21 bits per heavy atom. The summed E-state index contributed by atoms with van der Waals surface area (Å²) < 4.78 is 6.41. The molecule has 1 aromatic heterocycles. The number of carbonyl (C=O) groups is 1. The fraction of sp³-hybridized carbons (Fsp3) is 0.217. The van der Waals surface area contributed by atoms with E-state index in [0.717, 1.165) is 15.8 Å². The molecule has 3 aromatic rings. The van der Waals surface area contributed by atoms with Gasteiger partial charge in [-0.25, -0.2) is 4.68 Å². The van der Waals surface area contributed by atoms with Gasteiger partial charge in [0.25, 0.3) is 0 Å². The number of anilines is 4. The molecule has 0 aliphatic rings. The number of nitriles is 2. The van der Waals surface area contributed by atoms with E-state index in [1.807, 2.05) is 25.1 Å². The highest BCUT2D eigenvalue weighted by Crippen LogP contribution is 2.32. The van der Waals surface area contributed by atoms with Gasteiger partial charge in [0, 0.05) is 12.1 Å². The molecule has 0 atom stereocenters. The van der Waals surface area contributed by atoms with Crippen LogP contribution in [0.2, 0.25) is 0 Å². The molecule has 0 radical (unpaired) electrons. The Morgan fingerprint density at radius 2 is 1.94 bits per heavy atom. The van der Waals surface area contributed by atoms with Crippen molar-refractivity contribution >= 4 is 29.0 Å². The minimum atomic E-state index is -0.744. The van der Waals surface area contributed by atoms with Crippen molar-refractivity contribution < 1.29 is 9.53 Å². The number of benzene rings is 2. The maximum atomic E-state index is 12.8. The Bertz CT molecular complexity index is 1350. The first-order chi connectivity index (χ1) is 16.3. The van der Waals surface area contributed by atoms with Crippen LogP contribution in [0.3, 0.4) is 0 Å². The Kier molecular flexibility index (Phi) is 7.41. The lowest BCUT2D eigenvalue weighted by molar-refractivity contribution is -0.118. The molecule has 0 spiro atoms. The Hall–Kier alpha value is -4.90. The number of ether oxygens (including phenoxy) is 1. The molecule has 11 heteroatoms. The molecule has 0 saturated carbocycles. The summed E-state index contributed by atoms with van der Waals surface area (Å²) in [5.74, 6) is -0.300. The first kappa shape index (κ1) is 23.8. The zero-order chi connectivity index (χ0) is 24.7. The van der Waals surface area contributed by atoms with E-state index in [9.17, 15) is 9.59 Å². The van der Waals surface area contributed by atoms with Crippen LogP contribution in [0.5, 0.6) is 5.75 Å². The molecule has 1 heterocycles. The molecule has 1 amide bonds. The van der Waals surface area contributed by atoms with Crippen LogP contribution in [-0.4, -0.2) is 27.8 Å². The minimum absolute atomic E-state index is 0.0307. The van der Waals surface area contributed by atoms with Gasteiger partial charge < -0.3 is 21.1 Å². The first-order valence-corrected chi connectivity index (χ1v) is 10.2. The second-order valence-electron chi connectivity index (χ2n) is 7.30. The molecule has 0 unspecified atom stereocenters. The Morgan fingerprint density at radius 3 is 2.56 bits per heavy atom. The topological polar surface area (TPSA) is 172 Å². The van der Waals surface area contributed by atoms with E-state index < -0.39 is 18.0 Å². The van der Waals surface area contributed by atoms with Crippen LogP contribution < -0.4 is 26.7 Å². The van der Waals surface area contributed by atoms with Crippen molar-refractivity contribution in [2.24, 2.45) is 5.73 Å². The smallest absolute Gasteiger partial charge is 0.310 e. The second-order valence-corrected chi connectivity index (χ2v) is 7.30. The fourth-order valence-electron chi connectivity index (χ4n) is 3.22. The third kappa shape index (κ3) is 5.66. The van der Waals surface area contributed by atoms with E-state index >= 15 is 0 Å². The standard InChI is InChI=1S/C23H22N8O3/c1-14-10-16(4-3-9-24)11-18(34-2)20(14)28-23-29-21(22(33)31(30-23)13-19(26)32)27-17-7-5-15(12-25)6-8-17/h5-8,10-11H,3-4,13H2,1-2H3,(H2,26,32)(H2,27,28,29,30). The number of nitrogens with two attached hydrogens (primary N) is 1. The van der Waals surface area contributed by atoms with Crippen LogP contribution >= 0.6 is 0 Å². The molecule has 0 aliphatic heterocycles. The molecule has 0 fully saturated rings. The third-order valence-electron chi connectivity index (χ3n) is 4.79. The highest BCUT2D eigenvalue weighted by atomic mass is 16.5. The van der Waals surface area contributed by atoms with E-state index in [1.54, 1.807) is 24.3 Å². The fourth-order valence-corrected chi connectivity index (χ4v) is 3.22. The summed E-state index contributed by atoms with van der Waals surface area (Å²) in [5.41, 5.74) is 7.92. The van der Waals surface area contributed by atoms with Crippen LogP contribution in [0.15, 0.2) is 41.2 Å². The van der Waals surface area contributed by atoms with E-state index in [2.05, 4.69) is 26.8 Å². The van der Waals surface area contributed by atoms with Gasteiger partial charge in [0.05, 0.1) is 30.5 Å². The lowest BCUT2D eigenvalue weighted by Gasteiger charge is -2.16. The van der Waals surface area contributed by atoms with Gasteiger partial charge in [-0.3, -0.25) is 9.59 Å². The van der Waals surface area contributed by atoms with Crippen molar-refractivity contribution in [3.63, 3.8) is 0 Å². The Balaban J connectivity index is 2.01. The second kappa shape index (κ2) is 10.6. The molecule has 34 heavy (non-hydrogen) atoms.